The molecule has 0 unspecified atom stereocenters. The van der Waals surface area contributed by atoms with Crippen molar-refractivity contribution in [3.8, 4) is 11.5 Å². The van der Waals surface area contributed by atoms with Crippen molar-refractivity contribution in [3.05, 3.63) is 54.1 Å². The molecule has 2 aromatic carbocycles. The fraction of sp³-hybridized carbons (Fsp3) is 0.0588. The molecule has 114 valence electrons. The van der Waals surface area contributed by atoms with E-state index in [4.69, 9.17) is 15.2 Å². The highest BCUT2D eigenvalue weighted by Crippen LogP contribution is 2.35. The standard InChI is InChI=1S/C17H13N3O3/c18-16-12(17(21)19-11-4-2-1-3-5-11)6-10-7-14-15(23-9-22-14)8-13(10)20-16/h1-8H,9H2,(H2,18,20)(H,19,21)/p+1. The average Bonchev–Trinajstić information content (AvgIpc) is 3.00. The van der Waals surface area contributed by atoms with Crippen LogP contribution in [0.3, 0.4) is 0 Å². The van der Waals surface area contributed by atoms with Crippen LogP contribution in [0.1, 0.15) is 10.4 Å². The monoisotopic (exact) mass is 308 g/mol. The minimum atomic E-state index is -0.274. The number of pyridine rings is 1. The van der Waals surface area contributed by atoms with Gasteiger partial charge >= 0.3 is 0 Å². The lowest BCUT2D eigenvalue weighted by atomic mass is 10.1. The van der Waals surface area contributed by atoms with Crippen molar-refractivity contribution in [2.75, 3.05) is 17.8 Å². The zero-order valence-electron chi connectivity index (χ0n) is 12.1. The van der Waals surface area contributed by atoms with E-state index in [1.54, 1.807) is 6.07 Å². The quantitative estimate of drug-likeness (QED) is 0.760. The number of benzene rings is 2. The summed E-state index contributed by atoms with van der Waals surface area (Å²) in [5, 5.41) is 3.64. The normalized spacial score (nSPS) is 12.3. The average molecular weight is 308 g/mol. The Bertz CT molecular complexity index is 910. The lowest BCUT2D eigenvalue weighted by Gasteiger charge is -2.06. The van der Waals surface area contributed by atoms with E-state index in [1.807, 2.05) is 42.5 Å². The van der Waals surface area contributed by atoms with Gasteiger partial charge in [0.05, 0.1) is 0 Å². The molecule has 23 heavy (non-hydrogen) atoms. The molecule has 0 bridgehead atoms. The maximum absolute atomic E-state index is 12.4. The molecular formula is C17H14N3O3+. The van der Waals surface area contributed by atoms with Crippen LogP contribution in [-0.4, -0.2) is 12.7 Å². The lowest BCUT2D eigenvalue weighted by Crippen LogP contribution is -2.21. The third kappa shape index (κ3) is 2.40. The van der Waals surface area contributed by atoms with E-state index in [1.165, 1.54) is 0 Å². The van der Waals surface area contributed by atoms with Gasteiger partial charge in [-0.1, -0.05) is 18.2 Å². The number of ether oxygens (including phenoxy) is 2. The fourth-order valence-electron chi connectivity index (χ4n) is 2.54. The second-order valence-corrected chi connectivity index (χ2v) is 5.21. The van der Waals surface area contributed by atoms with Gasteiger partial charge in [0.25, 0.3) is 11.7 Å². The number of nitrogen functional groups attached to an aromatic ring is 1. The number of carbonyl (C=O) groups excluding carboxylic acids is 1. The van der Waals surface area contributed by atoms with Crippen LogP contribution in [0.5, 0.6) is 11.5 Å². The maximum atomic E-state index is 12.4. The molecule has 0 radical (unpaired) electrons. The molecule has 3 aromatic rings. The van der Waals surface area contributed by atoms with Crippen LogP contribution in [-0.2, 0) is 0 Å². The molecule has 0 atom stereocenters. The lowest BCUT2D eigenvalue weighted by molar-refractivity contribution is -0.326. The summed E-state index contributed by atoms with van der Waals surface area (Å²) in [7, 11) is 0. The van der Waals surface area contributed by atoms with Gasteiger partial charge in [-0.05, 0) is 24.3 Å². The molecular weight excluding hydrogens is 294 g/mol. The predicted molar refractivity (Wildman–Crippen MR) is 85.4 cm³/mol. The summed E-state index contributed by atoms with van der Waals surface area (Å²) in [5.74, 6) is 1.34. The number of aromatic nitrogens is 1. The second kappa shape index (κ2) is 5.17. The summed E-state index contributed by atoms with van der Waals surface area (Å²) >= 11 is 0. The van der Waals surface area contributed by atoms with Gasteiger partial charge in [-0.3, -0.25) is 10.5 Å². The Morgan fingerprint density at radius 3 is 2.61 bits per heavy atom. The number of anilines is 2. The smallest absolute Gasteiger partial charge is 0.283 e. The zero-order valence-corrected chi connectivity index (χ0v) is 12.1. The van der Waals surface area contributed by atoms with Gasteiger partial charge in [0.1, 0.15) is 11.1 Å². The first-order valence-electron chi connectivity index (χ1n) is 7.12. The van der Waals surface area contributed by atoms with Crippen molar-refractivity contribution in [1.29, 1.82) is 0 Å². The van der Waals surface area contributed by atoms with E-state index in [9.17, 15) is 4.79 Å². The van der Waals surface area contributed by atoms with Crippen LogP contribution >= 0.6 is 0 Å². The van der Waals surface area contributed by atoms with Crippen molar-refractivity contribution >= 4 is 28.3 Å². The number of aromatic amines is 1. The van der Waals surface area contributed by atoms with E-state index in [0.717, 1.165) is 10.9 Å². The third-order valence-corrected chi connectivity index (χ3v) is 3.68. The van der Waals surface area contributed by atoms with Crippen molar-refractivity contribution in [2.45, 2.75) is 0 Å². The Balaban J connectivity index is 1.73. The summed E-state index contributed by atoms with van der Waals surface area (Å²) in [6, 6.07) is 14.6. The molecule has 0 saturated carbocycles. The number of nitrogens with two attached hydrogens (primary N) is 1. The highest BCUT2D eigenvalue weighted by atomic mass is 16.7. The van der Waals surface area contributed by atoms with Gasteiger partial charge in [-0.2, -0.15) is 0 Å². The van der Waals surface area contributed by atoms with Gasteiger partial charge in [0, 0.05) is 17.1 Å². The molecule has 0 saturated heterocycles. The largest absolute Gasteiger partial charge is 0.454 e. The van der Waals surface area contributed by atoms with E-state index in [-0.39, 0.29) is 12.7 Å². The van der Waals surface area contributed by atoms with Crippen molar-refractivity contribution in [2.24, 2.45) is 0 Å². The second-order valence-electron chi connectivity index (χ2n) is 5.21. The molecule has 0 aliphatic carbocycles. The number of fused-ring (bicyclic) bond motifs is 2. The Labute approximate surface area is 131 Å². The summed E-state index contributed by atoms with van der Waals surface area (Å²) < 4.78 is 10.7. The van der Waals surface area contributed by atoms with Crippen LogP contribution in [0.2, 0.25) is 0 Å². The summed E-state index contributed by atoms with van der Waals surface area (Å²) in [4.78, 5) is 15.5. The molecule has 0 spiro atoms. The number of hydrogen-bond donors (Lipinski definition) is 2. The topological polar surface area (TPSA) is 87.7 Å². The Morgan fingerprint density at radius 2 is 1.83 bits per heavy atom. The van der Waals surface area contributed by atoms with Crippen LogP contribution in [0.15, 0.2) is 48.5 Å². The molecule has 6 heteroatoms. The third-order valence-electron chi connectivity index (χ3n) is 3.68. The van der Waals surface area contributed by atoms with Gasteiger partial charge in [-0.25, -0.2) is 4.98 Å². The van der Waals surface area contributed by atoms with Crippen molar-refractivity contribution in [1.82, 2.24) is 0 Å². The molecule has 2 heterocycles. The number of H-pyrrole nitrogens is 1. The first-order chi connectivity index (χ1) is 11.2. The molecule has 1 amide bonds. The maximum Gasteiger partial charge on any atom is 0.283 e. The van der Waals surface area contributed by atoms with E-state index in [2.05, 4.69) is 10.3 Å². The molecule has 4 rings (SSSR count). The zero-order chi connectivity index (χ0) is 15.8. The Hall–Kier alpha value is -3.28. The van der Waals surface area contributed by atoms with Crippen LogP contribution in [0.4, 0.5) is 11.5 Å². The number of rotatable bonds is 2. The molecule has 0 fully saturated rings. The summed E-state index contributed by atoms with van der Waals surface area (Å²) in [5.41, 5.74) is 7.86. The predicted octanol–water partition coefficient (Wildman–Crippen LogP) is 2.22. The minimum absolute atomic E-state index is 0.197. The number of nitrogens with one attached hydrogen (secondary N) is 2. The summed E-state index contributed by atoms with van der Waals surface area (Å²) in [6.07, 6.45) is 0. The SMILES string of the molecule is Nc1[nH+]c2cc3c(cc2cc1C(=O)Nc1ccccc1)OCO3. The highest BCUT2D eigenvalue weighted by molar-refractivity contribution is 6.08. The van der Waals surface area contributed by atoms with Gasteiger partial charge in [0.2, 0.25) is 6.79 Å². The van der Waals surface area contributed by atoms with Gasteiger partial charge in [-0.15, -0.1) is 0 Å². The minimum Gasteiger partial charge on any atom is -0.454 e. The number of hydrogen-bond acceptors (Lipinski definition) is 4. The van der Waals surface area contributed by atoms with Crippen LogP contribution in [0, 0.1) is 0 Å². The van der Waals surface area contributed by atoms with Gasteiger partial charge < -0.3 is 14.8 Å². The van der Waals surface area contributed by atoms with Gasteiger partial charge in [0.15, 0.2) is 11.5 Å². The first kappa shape index (κ1) is 13.4. The summed E-state index contributed by atoms with van der Waals surface area (Å²) in [6.45, 7) is 0.197. The van der Waals surface area contributed by atoms with E-state index >= 15 is 0 Å². The number of carbonyl (C=O) groups is 1. The van der Waals surface area contributed by atoms with Crippen molar-refractivity contribution in [3.63, 3.8) is 0 Å². The molecule has 6 nitrogen and oxygen atoms in total. The van der Waals surface area contributed by atoms with Crippen molar-refractivity contribution < 1.29 is 19.3 Å². The van der Waals surface area contributed by atoms with Crippen LogP contribution in [0.25, 0.3) is 10.9 Å². The highest BCUT2D eigenvalue weighted by Gasteiger charge is 2.20. The number of amides is 1. The number of para-hydroxylation sites is 1. The first-order valence-corrected chi connectivity index (χ1v) is 7.12. The fourth-order valence-corrected chi connectivity index (χ4v) is 2.54. The molecule has 1 aromatic heterocycles. The molecule has 1 aliphatic heterocycles. The molecule has 4 N–H and O–H groups in total. The Morgan fingerprint density at radius 1 is 1.09 bits per heavy atom. The molecule has 1 aliphatic rings. The van der Waals surface area contributed by atoms with Crippen LogP contribution < -0.4 is 25.5 Å². The van der Waals surface area contributed by atoms with E-state index < -0.39 is 0 Å². The van der Waals surface area contributed by atoms with E-state index in [0.29, 0.717) is 28.6 Å². The Kier molecular flexibility index (Phi) is 3.01.